The SMILES string of the molecule is C=CC(=O)NCC1CCN(S(=O)(=O)c2ccc(C(=O)NCCc3cccc(Cl)c3)cc2)CC1. The Morgan fingerprint density at radius 2 is 1.79 bits per heavy atom. The van der Waals surface area contributed by atoms with Gasteiger partial charge in [0.2, 0.25) is 15.9 Å². The topological polar surface area (TPSA) is 95.6 Å². The summed E-state index contributed by atoms with van der Waals surface area (Å²) in [5, 5.41) is 6.25. The Morgan fingerprint density at radius 3 is 2.42 bits per heavy atom. The largest absolute Gasteiger partial charge is 0.352 e. The molecule has 0 bridgehead atoms. The van der Waals surface area contributed by atoms with E-state index in [0.29, 0.717) is 56.0 Å². The monoisotopic (exact) mass is 489 g/mol. The molecule has 0 radical (unpaired) electrons. The van der Waals surface area contributed by atoms with Crippen LogP contribution in [0.3, 0.4) is 0 Å². The normalized spacial score (nSPS) is 15.1. The number of hydrogen-bond donors (Lipinski definition) is 2. The molecular formula is C24H28ClN3O4S. The fourth-order valence-corrected chi connectivity index (χ4v) is 5.40. The molecule has 1 saturated heterocycles. The van der Waals surface area contributed by atoms with E-state index in [1.165, 1.54) is 34.6 Å². The second kappa shape index (κ2) is 11.4. The summed E-state index contributed by atoms with van der Waals surface area (Å²) in [5.41, 5.74) is 1.42. The van der Waals surface area contributed by atoms with E-state index >= 15 is 0 Å². The van der Waals surface area contributed by atoms with Gasteiger partial charge in [0.05, 0.1) is 4.90 Å². The van der Waals surface area contributed by atoms with Crippen LogP contribution in [0.25, 0.3) is 0 Å². The number of sulfonamides is 1. The Kier molecular flexibility index (Phi) is 8.66. The summed E-state index contributed by atoms with van der Waals surface area (Å²) in [5.74, 6) is -0.250. The van der Waals surface area contributed by atoms with E-state index < -0.39 is 10.0 Å². The molecule has 1 aliphatic heterocycles. The maximum atomic E-state index is 13.0. The maximum absolute atomic E-state index is 13.0. The zero-order valence-corrected chi connectivity index (χ0v) is 19.9. The molecule has 2 amide bonds. The number of hydrogen-bond acceptors (Lipinski definition) is 4. The van der Waals surface area contributed by atoms with Gasteiger partial charge in [-0.05, 0) is 73.2 Å². The van der Waals surface area contributed by atoms with Crippen LogP contribution in [0.2, 0.25) is 5.02 Å². The predicted octanol–water partition coefficient (Wildman–Crippen LogP) is 3.02. The average molecular weight is 490 g/mol. The Morgan fingerprint density at radius 1 is 1.09 bits per heavy atom. The standard InChI is InChI=1S/C24H28ClN3O4S/c1-2-23(29)27-17-19-11-14-28(15-12-19)33(31,32)22-8-6-20(7-9-22)24(30)26-13-10-18-4-3-5-21(25)16-18/h2-9,16,19H,1,10-15,17H2,(H,26,30)(H,27,29). The third-order valence-corrected chi connectivity index (χ3v) is 7.81. The zero-order valence-electron chi connectivity index (χ0n) is 18.3. The first-order chi connectivity index (χ1) is 15.8. The van der Waals surface area contributed by atoms with Crippen LogP contribution in [0.5, 0.6) is 0 Å². The van der Waals surface area contributed by atoms with E-state index in [9.17, 15) is 18.0 Å². The number of benzene rings is 2. The molecule has 7 nitrogen and oxygen atoms in total. The molecule has 0 saturated carbocycles. The molecule has 0 unspecified atom stereocenters. The third-order valence-electron chi connectivity index (χ3n) is 5.67. The van der Waals surface area contributed by atoms with Crippen LogP contribution in [0.4, 0.5) is 0 Å². The molecule has 1 aliphatic rings. The number of nitrogens with zero attached hydrogens (tertiary/aromatic N) is 1. The number of halogens is 1. The van der Waals surface area contributed by atoms with Gasteiger partial charge in [0, 0.05) is 36.8 Å². The smallest absolute Gasteiger partial charge is 0.251 e. The molecule has 0 atom stereocenters. The van der Waals surface area contributed by atoms with E-state index in [0.717, 1.165) is 5.56 Å². The number of piperidine rings is 1. The van der Waals surface area contributed by atoms with Gasteiger partial charge < -0.3 is 10.6 Å². The van der Waals surface area contributed by atoms with E-state index in [1.807, 2.05) is 18.2 Å². The van der Waals surface area contributed by atoms with Crippen LogP contribution in [-0.4, -0.2) is 50.7 Å². The van der Waals surface area contributed by atoms with E-state index in [-0.39, 0.29) is 22.6 Å². The van der Waals surface area contributed by atoms with Crippen molar-refractivity contribution in [1.29, 1.82) is 0 Å². The summed E-state index contributed by atoms with van der Waals surface area (Å²) in [6, 6.07) is 13.5. The van der Waals surface area contributed by atoms with Gasteiger partial charge in [-0.15, -0.1) is 0 Å². The molecule has 0 aromatic heterocycles. The highest BCUT2D eigenvalue weighted by molar-refractivity contribution is 7.89. The highest BCUT2D eigenvalue weighted by Gasteiger charge is 2.29. The second-order valence-electron chi connectivity index (χ2n) is 7.96. The quantitative estimate of drug-likeness (QED) is 0.529. The number of nitrogens with one attached hydrogen (secondary N) is 2. The second-order valence-corrected chi connectivity index (χ2v) is 10.3. The van der Waals surface area contributed by atoms with Gasteiger partial charge in [-0.3, -0.25) is 9.59 Å². The van der Waals surface area contributed by atoms with E-state index in [2.05, 4.69) is 17.2 Å². The molecule has 0 aliphatic carbocycles. The Hall–Kier alpha value is -2.68. The van der Waals surface area contributed by atoms with E-state index in [1.54, 1.807) is 6.07 Å². The maximum Gasteiger partial charge on any atom is 0.251 e. The summed E-state index contributed by atoms with van der Waals surface area (Å²) in [6.45, 7) is 5.16. The molecule has 176 valence electrons. The molecule has 9 heteroatoms. The first-order valence-electron chi connectivity index (χ1n) is 10.8. The van der Waals surface area contributed by atoms with Gasteiger partial charge in [0.25, 0.3) is 5.91 Å². The third kappa shape index (κ3) is 6.90. The van der Waals surface area contributed by atoms with Crippen LogP contribution in [-0.2, 0) is 21.2 Å². The van der Waals surface area contributed by atoms with Gasteiger partial charge in [-0.25, -0.2) is 8.42 Å². The van der Waals surface area contributed by atoms with Crippen molar-refractivity contribution in [2.24, 2.45) is 5.92 Å². The Bertz CT molecular complexity index is 1090. The van der Waals surface area contributed by atoms with Crippen molar-refractivity contribution >= 4 is 33.4 Å². The van der Waals surface area contributed by atoms with E-state index in [4.69, 9.17) is 11.6 Å². The van der Waals surface area contributed by atoms with Crippen LogP contribution >= 0.6 is 11.6 Å². The van der Waals surface area contributed by atoms with Gasteiger partial charge >= 0.3 is 0 Å². The number of rotatable bonds is 9. The zero-order chi connectivity index (χ0) is 23.8. The molecule has 2 aromatic rings. The lowest BCUT2D eigenvalue weighted by Crippen LogP contribution is -2.41. The van der Waals surface area contributed by atoms with Crippen molar-refractivity contribution in [2.45, 2.75) is 24.2 Å². The number of carbonyl (C=O) groups is 2. The van der Waals surface area contributed by atoms with Gasteiger partial charge in [-0.2, -0.15) is 4.31 Å². The van der Waals surface area contributed by atoms with Crippen molar-refractivity contribution in [1.82, 2.24) is 14.9 Å². The highest BCUT2D eigenvalue weighted by Crippen LogP contribution is 2.24. The summed E-state index contributed by atoms with van der Waals surface area (Å²) < 4.78 is 27.4. The Balaban J connectivity index is 1.51. The van der Waals surface area contributed by atoms with Crippen molar-refractivity contribution in [3.63, 3.8) is 0 Å². The minimum absolute atomic E-state index is 0.163. The van der Waals surface area contributed by atoms with Crippen molar-refractivity contribution in [3.05, 3.63) is 77.3 Å². The summed E-state index contributed by atoms with van der Waals surface area (Å²) in [6.07, 6.45) is 3.21. The Labute approximate surface area is 199 Å². The summed E-state index contributed by atoms with van der Waals surface area (Å²) >= 11 is 5.97. The minimum Gasteiger partial charge on any atom is -0.352 e. The molecule has 1 heterocycles. The molecule has 2 aromatic carbocycles. The van der Waals surface area contributed by atoms with Gasteiger partial charge in [0.1, 0.15) is 0 Å². The van der Waals surface area contributed by atoms with Crippen molar-refractivity contribution < 1.29 is 18.0 Å². The molecule has 1 fully saturated rings. The fraction of sp³-hybridized carbons (Fsp3) is 0.333. The first kappa shape index (κ1) is 25.0. The first-order valence-corrected chi connectivity index (χ1v) is 12.6. The molecule has 33 heavy (non-hydrogen) atoms. The van der Waals surface area contributed by atoms with Gasteiger partial charge in [-0.1, -0.05) is 30.3 Å². The lowest BCUT2D eigenvalue weighted by Gasteiger charge is -2.31. The average Bonchev–Trinajstić information content (AvgIpc) is 2.83. The molecule has 3 rings (SSSR count). The summed E-state index contributed by atoms with van der Waals surface area (Å²) in [4.78, 5) is 23.9. The number of carbonyl (C=O) groups excluding carboxylic acids is 2. The van der Waals surface area contributed by atoms with Crippen LogP contribution in [0, 0.1) is 5.92 Å². The lowest BCUT2D eigenvalue weighted by atomic mass is 9.98. The molecular weight excluding hydrogens is 462 g/mol. The lowest BCUT2D eigenvalue weighted by molar-refractivity contribution is -0.116. The van der Waals surface area contributed by atoms with Crippen molar-refractivity contribution in [2.75, 3.05) is 26.2 Å². The van der Waals surface area contributed by atoms with Gasteiger partial charge in [0.15, 0.2) is 0 Å². The number of amides is 2. The predicted molar refractivity (Wildman–Crippen MR) is 129 cm³/mol. The van der Waals surface area contributed by atoms with Crippen LogP contribution in [0.15, 0.2) is 66.1 Å². The summed E-state index contributed by atoms with van der Waals surface area (Å²) in [7, 11) is -3.64. The molecule has 0 spiro atoms. The van der Waals surface area contributed by atoms with Crippen molar-refractivity contribution in [3.8, 4) is 0 Å². The fourth-order valence-electron chi connectivity index (χ4n) is 3.71. The molecule has 2 N–H and O–H groups in total. The van der Waals surface area contributed by atoms with Crippen LogP contribution < -0.4 is 10.6 Å². The van der Waals surface area contributed by atoms with Crippen LogP contribution in [0.1, 0.15) is 28.8 Å². The minimum atomic E-state index is -3.64. The highest BCUT2D eigenvalue weighted by atomic mass is 35.5.